The molecule has 2 heterocycles. The number of para-hydroxylation sites is 2. The summed E-state index contributed by atoms with van der Waals surface area (Å²) in [7, 11) is 0. The van der Waals surface area contributed by atoms with Gasteiger partial charge in [0.25, 0.3) is 0 Å². The molecule has 12 rings (SSSR count). The molecule has 0 atom stereocenters. The first-order valence-corrected chi connectivity index (χ1v) is 22.7. The number of thiophene rings is 1. The second-order valence-corrected chi connectivity index (χ2v) is 17.6. The van der Waals surface area contributed by atoms with E-state index in [-0.39, 0.29) is 0 Å². The summed E-state index contributed by atoms with van der Waals surface area (Å²) in [4.78, 5) is 2.49. The molecule has 0 bridgehead atoms. The third-order valence-corrected chi connectivity index (χ3v) is 13.9. The number of fused-ring (bicyclic) bond motifs is 6. The Labute approximate surface area is 377 Å². The quantitative estimate of drug-likeness (QED) is 0.148. The van der Waals surface area contributed by atoms with Gasteiger partial charge in [-0.2, -0.15) is 0 Å². The molecular weight excluding hydrogens is 793 g/mol. The zero-order chi connectivity index (χ0) is 42.6. The fraction of sp³-hybridized carbons (Fsp3) is 0.0164. The number of hydrogen-bond donors (Lipinski definition) is 0. The third-order valence-electron chi connectivity index (χ3n) is 12.7. The van der Waals surface area contributed by atoms with Crippen LogP contribution in [-0.4, -0.2) is 4.57 Å². The molecule has 2 nitrogen and oxygen atoms in total. The van der Waals surface area contributed by atoms with E-state index in [1.54, 1.807) is 0 Å². The predicted octanol–water partition coefficient (Wildman–Crippen LogP) is 17.6. The molecule has 302 valence electrons. The SMILES string of the molecule is Cc1cc(N(c2ccc(-c3ccccc3)c(-c3ccccc3)c2)c2ccc(-c3ccc(-n4c5ccccc5c5ccccc54)cc3)c3sc4ccccc4c23)ccc1-c1ccccc1. The molecule has 2 aromatic heterocycles. The average molecular weight is 835 g/mol. The Hall–Kier alpha value is -7.98. The smallest absolute Gasteiger partial charge is 0.0555 e. The maximum absolute atomic E-state index is 2.49. The highest BCUT2D eigenvalue weighted by molar-refractivity contribution is 7.26. The monoisotopic (exact) mass is 834 g/mol. The van der Waals surface area contributed by atoms with Crippen LogP contribution in [0.2, 0.25) is 0 Å². The first kappa shape index (κ1) is 37.8. The summed E-state index contributed by atoms with van der Waals surface area (Å²) in [6.45, 7) is 2.24. The average Bonchev–Trinajstić information content (AvgIpc) is 3.92. The van der Waals surface area contributed by atoms with Gasteiger partial charge in [-0.1, -0.05) is 176 Å². The molecule has 0 aliphatic carbocycles. The van der Waals surface area contributed by atoms with Gasteiger partial charge in [-0.3, -0.25) is 0 Å². The molecule has 0 aliphatic heterocycles. The minimum atomic E-state index is 1.10. The molecule has 0 saturated carbocycles. The lowest BCUT2D eigenvalue weighted by Gasteiger charge is -2.29. The fourth-order valence-corrected chi connectivity index (χ4v) is 11.0. The molecule has 64 heavy (non-hydrogen) atoms. The number of aryl methyl sites for hydroxylation is 1. The number of aromatic nitrogens is 1. The van der Waals surface area contributed by atoms with Gasteiger partial charge in [0.1, 0.15) is 0 Å². The van der Waals surface area contributed by atoms with Crippen molar-refractivity contribution in [1.29, 1.82) is 0 Å². The van der Waals surface area contributed by atoms with Gasteiger partial charge in [0.15, 0.2) is 0 Å². The predicted molar refractivity (Wildman–Crippen MR) is 275 cm³/mol. The molecule has 0 unspecified atom stereocenters. The van der Waals surface area contributed by atoms with Gasteiger partial charge in [0, 0.05) is 48.0 Å². The first-order chi connectivity index (χ1) is 31.7. The Balaban J connectivity index is 1.06. The minimum absolute atomic E-state index is 1.10. The molecule has 0 amide bonds. The van der Waals surface area contributed by atoms with Crippen molar-refractivity contribution < 1.29 is 0 Å². The van der Waals surface area contributed by atoms with Gasteiger partial charge in [-0.25, -0.2) is 0 Å². The number of hydrogen-bond acceptors (Lipinski definition) is 2. The van der Waals surface area contributed by atoms with Gasteiger partial charge in [0.05, 0.1) is 16.7 Å². The summed E-state index contributed by atoms with van der Waals surface area (Å²) in [6, 6.07) is 86.4. The van der Waals surface area contributed by atoms with Crippen molar-refractivity contribution in [2.75, 3.05) is 4.90 Å². The first-order valence-electron chi connectivity index (χ1n) is 21.9. The number of anilines is 3. The Morgan fingerprint density at radius 3 is 1.48 bits per heavy atom. The molecule has 0 saturated heterocycles. The Morgan fingerprint density at radius 2 is 0.859 bits per heavy atom. The van der Waals surface area contributed by atoms with Crippen molar-refractivity contribution in [2.45, 2.75) is 6.92 Å². The van der Waals surface area contributed by atoms with Crippen LogP contribution >= 0.6 is 11.3 Å². The van der Waals surface area contributed by atoms with E-state index in [1.807, 2.05) is 11.3 Å². The van der Waals surface area contributed by atoms with Crippen molar-refractivity contribution in [1.82, 2.24) is 4.57 Å². The maximum Gasteiger partial charge on any atom is 0.0555 e. The molecule has 12 aromatic rings. The van der Waals surface area contributed by atoms with E-state index in [4.69, 9.17) is 0 Å². The van der Waals surface area contributed by atoms with Crippen LogP contribution in [0.3, 0.4) is 0 Å². The van der Waals surface area contributed by atoms with E-state index in [0.29, 0.717) is 0 Å². The fourth-order valence-electron chi connectivity index (χ4n) is 9.77. The summed E-state index contributed by atoms with van der Waals surface area (Å²) in [5, 5.41) is 5.05. The van der Waals surface area contributed by atoms with Gasteiger partial charge >= 0.3 is 0 Å². The minimum Gasteiger partial charge on any atom is -0.310 e. The second kappa shape index (κ2) is 15.7. The molecule has 0 N–H and O–H groups in total. The molecule has 0 radical (unpaired) electrons. The van der Waals surface area contributed by atoms with Crippen molar-refractivity contribution >= 4 is 70.4 Å². The van der Waals surface area contributed by atoms with E-state index in [9.17, 15) is 0 Å². The molecule has 0 spiro atoms. The van der Waals surface area contributed by atoms with Crippen LogP contribution in [0.5, 0.6) is 0 Å². The Kier molecular flexibility index (Phi) is 9.28. The maximum atomic E-state index is 2.49. The summed E-state index contributed by atoms with van der Waals surface area (Å²) < 4.78 is 4.94. The zero-order valence-electron chi connectivity index (χ0n) is 35.3. The van der Waals surface area contributed by atoms with Gasteiger partial charge < -0.3 is 9.47 Å². The summed E-state index contributed by atoms with van der Waals surface area (Å²) in [5.41, 5.74) is 17.8. The lowest BCUT2D eigenvalue weighted by molar-refractivity contribution is 1.18. The van der Waals surface area contributed by atoms with Crippen molar-refractivity contribution in [2.24, 2.45) is 0 Å². The van der Waals surface area contributed by atoms with Crippen molar-refractivity contribution in [3.8, 4) is 50.2 Å². The van der Waals surface area contributed by atoms with Crippen molar-refractivity contribution in [3.05, 3.63) is 242 Å². The van der Waals surface area contributed by atoms with Crippen LogP contribution in [0.4, 0.5) is 17.1 Å². The van der Waals surface area contributed by atoms with Crippen LogP contribution in [0.25, 0.3) is 92.2 Å². The Bertz CT molecular complexity index is 3610. The van der Waals surface area contributed by atoms with E-state index in [2.05, 4.69) is 253 Å². The topological polar surface area (TPSA) is 8.17 Å². The standard InChI is InChI=1S/C61H42N2S/c1-41-39-47(33-35-49(41)42-17-5-2-6-18-42)62(48-34-36-50(43-19-7-3-8-20-43)55(40-48)44-21-9-4-10-22-44)58-38-37-51(61-60(58)54-25-13-16-28-59(54)64-61)45-29-31-46(32-30-45)63-56-26-14-11-23-52(56)53-24-12-15-27-57(53)63/h2-40H,1H3. The van der Waals surface area contributed by atoms with Crippen LogP contribution in [0, 0.1) is 6.92 Å². The summed E-state index contributed by atoms with van der Waals surface area (Å²) in [6.07, 6.45) is 0. The van der Waals surface area contributed by atoms with Crippen LogP contribution < -0.4 is 4.90 Å². The normalized spacial score (nSPS) is 11.5. The van der Waals surface area contributed by atoms with Crippen LogP contribution in [0.15, 0.2) is 237 Å². The highest BCUT2D eigenvalue weighted by atomic mass is 32.1. The number of rotatable bonds is 8. The van der Waals surface area contributed by atoms with E-state index in [0.717, 1.165) is 22.7 Å². The summed E-state index contributed by atoms with van der Waals surface area (Å²) >= 11 is 1.88. The third kappa shape index (κ3) is 6.40. The van der Waals surface area contributed by atoms with Gasteiger partial charge in [0.2, 0.25) is 0 Å². The molecular formula is C61H42N2S. The molecule has 10 aromatic carbocycles. The lowest BCUT2D eigenvalue weighted by Crippen LogP contribution is -2.11. The van der Waals surface area contributed by atoms with E-state index < -0.39 is 0 Å². The van der Waals surface area contributed by atoms with Crippen LogP contribution in [-0.2, 0) is 0 Å². The number of nitrogens with zero attached hydrogens (tertiary/aromatic N) is 2. The molecule has 0 aliphatic rings. The van der Waals surface area contributed by atoms with Crippen LogP contribution in [0.1, 0.15) is 5.56 Å². The highest BCUT2D eigenvalue weighted by Gasteiger charge is 2.23. The van der Waals surface area contributed by atoms with E-state index in [1.165, 1.54) is 92.0 Å². The second-order valence-electron chi connectivity index (χ2n) is 16.5. The highest BCUT2D eigenvalue weighted by Crippen LogP contribution is 2.50. The lowest BCUT2D eigenvalue weighted by atomic mass is 9.93. The largest absolute Gasteiger partial charge is 0.310 e. The van der Waals surface area contributed by atoms with E-state index >= 15 is 0 Å². The number of benzene rings is 10. The molecule has 3 heteroatoms. The van der Waals surface area contributed by atoms with Crippen molar-refractivity contribution in [3.63, 3.8) is 0 Å². The summed E-state index contributed by atoms with van der Waals surface area (Å²) in [5.74, 6) is 0. The van der Waals surface area contributed by atoms with Gasteiger partial charge in [-0.05, 0) is 118 Å². The Morgan fingerprint density at radius 1 is 0.375 bits per heavy atom. The zero-order valence-corrected chi connectivity index (χ0v) is 36.1. The van der Waals surface area contributed by atoms with Gasteiger partial charge in [-0.15, -0.1) is 11.3 Å². The molecule has 0 fully saturated rings.